The molecule has 0 heterocycles. The fourth-order valence-electron chi connectivity index (χ4n) is 17.4. The Labute approximate surface area is 562 Å². The van der Waals surface area contributed by atoms with Gasteiger partial charge >= 0.3 is 0 Å². The molecule has 2 heteroatoms. The van der Waals surface area contributed by atoms with Crippen LogP contribution in [0.5, 0.6) is 0 Å². The fourth-order valence-corrected chi connectivity index (χ4v) is 18.1. The SMILES string of the molecule is CCCCCCCCC1(CCCCCCCC)c2cc(Br)ccc2-c2ccc(-c3ccc4c(c3)C(CCCCCCCC)(CCCCCCCC)c3cc(-c5ccc6c(c5)C(CCCCCCCC)(CCCCCCCC)c5cc(Br)ccc5-6)ccc3-4)cc21. The van der Waals surface area contributed by atoms with E-state index < -0.39 is 0 Å². The molecule has 3 aliphatic carbocycles. The number of unbranched alkanes of at least 4 members (excludes halogenated alkanes) is 30. The molecule has 0 spiro atoms. The van der Waals surface area contributed by atoms with Crippen molar-refractivity contribution < 1.29 is 0 Å². The van der Waals surface area contributed by atoms with Crippen LogP contribution in [0.3, 0.4) is 0 Å². The highest BCUT2D eigenvalue weighted by Crippen LogP contribution is 2.60. The monoisotopic (exact) mass is 1320 g/mol. The summed E-state index contributed by atoms with van der Waals surface area (Å²) in [4.78, 5) is 0. The Bertz CT molecular complexity index is 2870. The highest BCUT2D eigenvalue weighted by Gasteiger charge is 2.46. The predicted octanol–water partition coefficient (Wildman–Crippen LogP) is 29.8. The number of fused-ring (bicyclic) bond motifs is 9. The molecule has 3 aliphatic rings. The Kier molecular flexibility index (Phi) is 27.8. The summed E-state index contributed by atoms with van der Waals surface area (Å²) < 4.78 is 2.45. The Morgan fingerprint density at radius 1 is 0.202 bits per heavy atom. The van der Waals surface area contributed by atoms with Crippen molar-refractivity contribution in [2.24, 2.45) is 0 Å². The molecule has 0 saturated carbocycles. The Hall–Kier alpha value is -3.72. The smallest absolute Gasteiger partial charge is 0.0215 e. The molecule has 0 N–H and O–H groups in total. The molecule has 0 saturated heterocycles. The van der Waals surface area contributed by atoms with E-state index in [9.17, 15) is 0 Å². The Morgan fingerprint density at radius 2 is 0.371 bits per heavy atom. The average Bonchev–Trinajstić information content (AvgIpc) is 1.63. The summed E-state index contributed by atoms with van der Waals surface area (Å²) in [7, 11) is 0. The van der Waals surface area contributed by atoms with Crippen molar-refractivity contribution in [3.8, 4) is 55.6 Å². The van der Waals surface area contributed by atoms with Gasteiger partial charge in [0.2, 0.25) is 0 Å². The van der Waals surface area contributed by atoms with Gasteiger partial charge in [0, 0.05) is 25.2 Å². The minimum absolute atomic E-state index is 0.0298. The second-order valence-corrected chi connectivity index (χ2v) is 30.6. The molecule has 6 aromatic carbocycles. The van der Waals surface area contributed by atoms with E-state index in [1.807, 2.05) is 0 Å². The van der Waals surface area contributed by atoms with E-state index in [2.05, 4.69) is 183 Å². The zero-order chi connectivity index (χ0) is 62.3. The maximum atomic E-state index is 4.02. The van der Waals surface area contributed by atoms with Crippen LogP contribution in [0.4, 0.5) is 0 Å². The summed E-state index contributed by atoms with van der Waals surface area (Å²) in [6.07, 6.45) is 55.4. The lowest BCUT2D eigenvalue weighted by Crippen LogP contribution is -2.26. The summed E-state index contributed by atoms with van der Waals surface area (Å²) >= 11 is 8.05. The number of hydrogen-bond acceptors (Lipinski definition) is 0. The molecule has 0 amide bonds. The van der Waals surface area contributed by atoms with Crippen molar-refractivity contribution in [3.05, 3.63) is 152 Å². The van der Waals surface area contributed by atoms with Gasteiger partial charge in [0.1, 0.15) is 0 Å². The molecule has 0 aliphatic heterocycles. The molecule has 0 aromatic heterocycles. The van der Waals surface area contributed by atoms with Crippen molar-refractivity contribution in [2.75, 3.05) is 0 Å². The summed E-state index contributed by atoms with van der Waals surface area (Å²) in [6, 6.07) is 46.0. The van der Waals surface area contributed by atoms with Crippen LogP contribution in [0.1, 0.15) is 345 Å². The lowest BCUT2D eigenvalue weighted by atomic mass is 9.69. The van der Waals surface area contributed by atoms with Crippen molar-refractivity contribution >= 4 is 31.9 Å². The highest BCUT2D eigenvalue weighted by atomic mass is 79.9. The normalized spacial score (nSPS) is 14.4. The van der Waals surface area contributed by atoms with Crippen LogP contribution in [-0.4, -0.2) is 0 Å². The number of halogens is 2. The molecular weight excluding hydrogens is 1200 g/mol. The zero-order valence-corrected chi connectivity index (χ0v) is 60.5. The highest BCUT2D eigenvalue weighted by molar-refractivity contribution is 9.10. The second-order valence-electron chi connectivity index (χ2n) is 28.8. The quantitative estimate of drug-likeness (QED) is 0.0335. The third kappa shape index (κ3) is 16.8. The van der Waals surface area contributed by atoms with E-state index in [0.29, 0.717) is 0 Å². The van der Waals surface area contributed by atoms with Crippen LogP contribution in [-0.2, 0) is 16.2 Å². The lowest BCUT2D eigenvalue weighted by Gasteiger charge is -2.34. The first kappa shape index (κ1) is 69.6. The number of hydrogen-bond donors (Lipinski definition) is 0. The zero-order valence-electron chi connectivity index (χ0n) is 57.3. The van der Waals surface area contributed by atoms with E-state index >= 15 is 0 Å². The number of rotatable bonds is 44. The van der Waals surface area contributed by atoms with Gasteiger partial charge in [-0.15, -0.1) is 0 Å². The first-order chi connectivity index (χ1) is 43.7. The van der Waals surface area contributed by atoms with E-state index in [1.54, 1.807) is 33.4 Å². The third-order valence-corrected chi connectivity index (χ3v) is 23.4. The van der Waals surface area contributed by atoms with Gasteiger partial charge in [-0.05, 0) is 176 Å². The fraction of sp³-hybridized carbons (Fsp3) is 0.586. The summed E-state index contributed by atoms with van der Waals surface area (Å²) in [5.74, 6) is 0. The van der Waals surface area contributed by atoms with Gasteiger partial charge in [0.25, 0.3) is 0 Å². The van der Waals surface area contributed by atoms with Gasteiger partial charge < -0.3 is 0 Å². The van der Waals surface area contributed by atoms with Crippen LogP contribution in [0, 0.1) is 0 Å². The van der Waals surface area contributed by atoms with Crippen molar-refractivity contribution in [1.82, 2.24) is 0 Å². The molecule has 0 fully saturated rings. The van der Waals surface area contributed by atoms with Gasteiger partial charge in [-0.1, -0.05) is 365 Å². The van der Waals surface area contributed by atoms with Crippen molar-refractivity contribution in [2.45, 2.75) is 327 Å². The summed E-state index contributed by atoms with van der Waals surface area (Å²) in [5, 5.41) is 0. The van der Waals surface area contributed by atoms with Gasteiger partial charge in [-0.2, -0.15) is 0 Å². The standard InChI is InChI=1S/C87H120Br2/c1-7-13-19-25-31-37-55-85(56-38-32-26-20-14-8-2)79-61-67(69-45-51-75-77-53-47-71(88)65-83(77)86(81(75)63-69,57-39-33-27-21-15-9-3)58-40-34-28-22-16-10-4)43-49-73(79)74-50-44-68(62-80(74)85)70-46-52-76-78-54-48-72(89)66-84(78)87(82(76)64-70,59-41-35-29-23-17-11-5)60-42-36-30-24-18-12-6/h43-54,61-66H,7-42,55-60H2,1-6H3. The minimum atomic E-state index is -0.0384. The van der Waals surface area contributed by atoms with E-state index in [1.165, 1.54) is 334 Å². The first-order valence-electron chi connectivity index (χ1n) is 37.9. The van der Waals surface area contributed by atoms with E-state index in [-0.39, 0.29) is 16.2 Å². The van der Waals surface area contributed by atoms with Crippen LogP contribution in [0.2, 0.25) is 0 Å². The summed E-state index contributed by atoms with van der Waals surface area (Å²) in [5.41, 5.74) is 24.2. The molecule has 0 bridgehead atoms. The minimum Gasteiger partial charge on any atom is -0.0654 e. The largest absolute Gasteiger partial charge is 0.0654 e. The second kappa shape index (κ2) is 35.5. The van der Waals surface area contributed by atoms with Crippen LogP contribution in [0.25, 0.3) is 55.6 Å². The van der Waals surface area contributed by atoms with Crippen LogP contribution < -0.4 is 0 Å². The van der Waals surface area contributed by atoms with Gasteiger partial charge in [-0.25, -0.2) is 0 Å². The maximum Gasteiger partial charge on any atom is 0.0215 e. The van der Waals surface area contributed by atoms with Gasteiger partial charge in [-0.3, -0.25) is 0 Å². The first-order valence-corrected chi connectivity index (χ1v) is 39.5. The van der Waals surface area contributed by atoms with Crippen molar-refractivity contribution in [3.63, 3.8) is 0 Å². The Morgan fingerprint density at radius 3 is 0.573 bits per heavy atom. The van der Waals surface area contributed by atoms with E-state index in [0.717, 1.165) is 0 Å². The lowest BCUT2D eigenvalue weighted by molar-refractivity contribution is 0.397. The van der Waals surface area contributed by atoms with Gasteiger partial charge in [0.05, 0.1) is 0 Å². The molecule has 0 radical (unpaired) electrons. The van der Waals surface area contributed by atoms with Crippen molar-refractivity contribution in [1.29, 1.82) is 0 Å². The molecule has 9 rings (SSSR count). The van der Waals surface area contributed by atoms with Crippen LogP contribution >= 0.6 is 31.9 Å². The van der Waals surface area contributed by atoms with E-state index in [4.69, 9.17) is 0 Å². The molecule has 89 heavy (non-hydrogen) atoms. The maximum absolute atomic E-state index is 4.02. The van der Waals surface area contributed by atoms with Crippen LogP contribution in [0.15, 0.2) is 118 Å². The molecular formula is C87H120Br2. The third-order valence-electron chi connectivity index (χ3n) is 22.4. The molecule has 6 aromatic rings. The topological polar surface area (TPSA) is 0 Å². The number of benzene rings is 6. The molecule has 0 atom stereocenters. The molecule has 0 unspecified atom stereocenters. The molecule has 482 valence electrons. The summed E-state index contributed by atoms with van der Waals surface area (Å²) in [6.45, 7) is 14.1. The Balaban J connectivity index is 1.14. The molecule has 0 nitrogen and oxygen atoms in total. The van der Waals surface area contributed by atoms with Gasteiger partial charge in [0.15, 0.2) is 0 Å². The predicted molar refractivity (Wildman–Crippen MR) is 399 cm³/mol. The average molecular weight is 1330 g/mol.